The van der Waals surface area contributed by atoms with Crippen molar-refractivity contribution in [2.45, 2.75) is 16.6 Å². The molecule has 2 aromatic carbocycles. The van der Waals surface area contributed by atoms with Crippen molar-refractivity contribution in [2.75, 3.05) is 5.32 Å². The Morgan fingerprint density at radius 1 is 1.07 bits per heavy atom. The molecule has 0 saturated heterocycles. The molecule has 0 spiro atoms. The molecule has 0 saturated carbocycles. The van der Waals surface area contributed by atoms with Crippen LogP contribution in [0.4, 0.5) is 5.69 Å². The maximum atomic E-state index is 12.4. The third-order valence-corrected chi connectivity index (χ3v) is 6.28. The second-order valence-electron chi connectivity index (χ2n) is 5.98. The highest BCUT2D eigenvalue weighted by Crippen LogP contribution is 2.33. The van der Waals surface area contributed by atoms with Crippen molar-refractivity contribution >= 4 is 57.9 Å². The fourth-order valence-electron chi connectivity index (χ4n) is 2.59. The molecule has 5 nitrogen and oxygen atoms in total. The first-order valence-corrected chi connectivity index (χ1v) is 11.0. The Morgan fingerprint density at radius 3 is 2.62 bits per heavy atom. The van der Waals surface area contributed by atoms with E-state index in [1.54, 1.807) is 10.7 Å². The number of nitrogens with one attached hydrogen (secondary N) is 1. The number of para-hydroxylation sites is 1. The minimum Gasteiger partial charge on any atom is -0.320 e. The quantitative estimate of drug-likeness (QED) is 0.377. The third-order valence-electron chi connectivity index (χ3n) is 3.94. The SMILES string of the molecule is O=C(Nc1ccccc1Sc1nc(Cl)nn1Cc1ccc(Cl)cc1)c1cccs1. The van der Waals surface area contributed by atoms with Crippen molar-refractivity contribution in [3.05, 3.63) is 86.8 Å². The van der Waals surface area contributed by atoms with Crippen LogP contribution in [-0.2, 0) is 6.54 Å². The zero-order chi connectivity index (χ0) is 20.2. The second kappa shape index (κ2) is 9.00. The van der Waals surface area contributed by atoms with E-state index in [0.29, 0.717) is 27.3 Å². The smallest absolute Gasteiger partial charge is 0.265 e. The van der Waals surface area contributed by atoms with Crippen molar-refractivity contribution in [2.24, 2.45) is 0 Å². The molecule has 0 radical (unpaired) electrons. The zero-order valence-electron chi connectivity index (χ0n) is 14.9. The molecule has 2 heterocycles. The molecule has 0 aliphatic carbocycles. The van der Waals surface area contributed by atoms with Gasteiger partial charge < -0.3 is 5.32 Å². The Bertz CT molecular complexity index is 1130. The molecule has 0 unspecified atom stereocenters. The molecular weight excluding hydrogens is 447 g/mol. The molecule has 0 bridgehead atoms. The van der Waals surface area contributed by atoms with Crippen LogP contribution in [0.3, 0.4) is 0 Å². The van der Waals surface area contributed by atoms with Gasteiger partial charge in [0, 0.05) is 9.92 Å². The maximum absolute atomic E-state index is 12.4. The van der Waals surface area contributed by atoms with E-state index in [1.165, 1.54) is 23.1 Å². The summed E-state index contributed by atoms with van der Waals surface area (Å²) in [4.78, 5) is 18.3. The standard InChI is InChI=1S/C20H14Cl2N4OS2/c21-14-9-7-13(8-10-14)12-26-20(24-19(22)25-26)29-16-5-2-1-4-15(16)23-18(27)17-6-3-11-28-17/h1-11H,12H2,(H,23,27). The number of halogens is 2. The lowest BCUT2D eigenvalue weighted by Gasteiger charge is -2.10. The van der Waals surface area contributed by atoms with Crippen LogP contribution in [-0.4, -0.2) is 20.7 Å². The van der Waals surface area contributed by atoms with Gasteiger partial charge in [0.15, 0.2) is 5.16 Å². The van der Waals surface area contributed by atoms with E-state index in [1.807, 2.05) is 60.0 Å². The van der Waals surface area contributed by atoms with Crippen molar-refractivity contribution in [3.8, 4) is 0 Å². The first-order valence-electron chi connectivity index (χ1n) is 8.55. The lowest BCUT2D eigenvalue weighted by atomic mass is 10.2. The number of amides is 1. The van der Waals surface area contributed by atoms with E-state index >= 15 is 0 Å². The van der Waals surface area contributed by atoms with Crippen LogP contribution in [0.1, 0.15) is 15.2 Å². The Balaban J connectivity index is 1.57. The topological polar surface area (TPSA) is 59.8 Å². The van der Waals surface area contributed by atoms with E-state index < -0.39 is 0 Å². The number of thiophene rings is 1. The summed E-state index contributed by atoms with van der Waals surface area (Å²) < 4.78 is 1.73. The number of nitrogens with zero attached hydrogens (tertiary/aromatic N) is 3. The number of benzene rings is 2. The highest BCUT2D eigenvalue weighted by molar-refractivity contribution is 7.99. The number of hydrogen-bond donors (Lipinski definition) is 1. The average Bonchev–Trinajstić information content (AvgIpc) is 3.35. The Labute approximate surface area is 185 Å². The van der Waals surface area contributed by atoms with Gasteiger partial charge in [-0.25, -0.2) is 4.68 Å². The van der Waals surface area contributed by atoms with Gasteiger partial charge in [-0.2, -0.15) is 4.98 Å². The predicted octanol–water partition coefficient (Wildman–Crippen LogP) is 6.10. The van der Waals surface area contributed by atoms with Crippen LogP contribution in [0.2, 0.25) is 10.3 Å². The fourth-order valence-corrected chi connectivity index (χ4v) is 4.47. The second-order valence-corrected chi connectivity index (χ2v) is 8.71. The van der Waals surface area contributed by atoms with Crippen molar-refractivity contribution in [1.82, 2.24) is 14.8 Å². The fraction of sp³-hybridized carbons (Fsp3) is 0.0500. The number of hydrogen-bond acceptors (Lipinski definition) is 5. The zero-order valence-corrected chi connectivity index (χ0v) is 18.0. The van der Waals surface area contributed by atoms with Crippen LogP contribution in [0.5, 0.6) is 0 Å². The van der Waals surface area contributed by atoms with E-state index in [2.05, 4.69) is 15.4 Å². The van der Waals surface area contributed by atoms with Gasteiger partial charge in [-0.05, 0) is 64.6 Å². The summed E-state index contributed by atoms with van der Waals surface area (Å²) in [5, 5.41) is 10.6. The van der Waals surface area contributed by atoms with Crippen LogP contribution in [0, 0.1) is 0 Å². The molecule has 29 heavy (non-hydrogen) atoms. The van der Waals surface area contributed by atoms with Crippen molar-refractivity contribution in [1.29, 1.82) is 0 Å². The molecule has 9 heteroatoms. The van der Waals surface area contributed by atoms with Gasteiger partial charge >= 0.3 is 0 Å². The number of aromatic nitrogens is 3. The molecule has 0 aliphatic rings. The molecule has 146 valence electrons. The van der Waals surface area contributed by atoms with E-state index in [4.69, 9.17) is 23.2 Å². The van der Waals surface area contributed by atoms with Crippen LogP contribution >= 0.6 is 46.3 Å². The molecule has 1 N–H and O–H groups in total. The van der Waals surface area contributed by atoms with Crippen LogP contribution in [0.25, 0.3) is 0 Å². The molecule has 4 aromatic rings. The molecule has 1 amide bonds. The van der Waals surface area contributed by atoms with Crippen molar-refractivity contribution in [3.63, 3.8) is 0 Å². The minimum atomic E-state index is -0.145. The molecule has 0 aliphatic heterocycles. The highest BCUT2D eigenvalue weighted by Gasteiger charge is 2.15. The summed E-state index contributed by atoms with van der Waals surface area (Å²) in [7, 11) is 0. The lowest BCUT2D eigenvalue weighted by Crippen LogP contribution is -2.11. The first-order chi connectivity index (χ1) is 14.1. The maximum Gasteiger partial charge on any atom is 0.265 e. The van der Waals surface area contributed by atoms with E-state index in [0.717, 1.165) is 10.5 Å². The monoisotopic (exact) mass is 460 g/mol. The summed E-state index contributed by atoms with van der Waals surface area (Å²) in [6, 6.07) is 18.7. The summed E-state index contributed by atoms with van der Waals surface area (Å²) in [6.07, 6.45) is 0. The van der Waals surface area contributed by atoms with E-state index in [-0.39, 0.29) is 11.2 Å². The van der Waals surface area contributed by atoms with Crippen LogP contribution < -0.4 is 5.32 Å². The number of rotatable bonds is 6. The lowest BCUT2D eigenvalue weighted by molar-refractivity contribution is 0.103. The number of anilines is 1. The van der Waals surface area contributed by atoms with Gasteiger partial charge in [0.1, 0.15) is 0 Å². The summed E-state index contributed by atoms with van der Waals surface area (Å²) in [6.45, 7) is 0.503. The molecule has 0 atom stereocenters. The Kier molecular flexibility index (Phi) is 6.20. The van der Waals surface area contributed by atoms with Crippen molar-refractivity contribution < 1.29 is 4.79 Å². The molecule has 4 rings (SSSR count). The van der Waals surface area contributed by atoms with Gasteiger partial charge in [0.05, 0.1) is 17.1 Å². The average molecular weight is 461 g/mol. The number of carbonyl (C=O) groups is 1. The number of carbonyl (C=O) groups excluding carboxylic acids is 1. The predicted molar refractivity (Wildman–Crippen MR) is 118 cm³/mol. The Hall–Kier alpha value is -2.32. The Morgan fingerprint density at radius 2 is 1.86 bits per heavy atom. The summed E-state index contributed by atoms with van der Waals surface area (Å²) in [5.74, 6) is -0.145. The summed E-state index contributed by atoms with van der Waals surface area (Å²) in [5.41, 5.74) is 1.73. The normalized spacial score (nSPS) is 10.8. The van der Waals surface area contributed by atoms with Gasteiger partial charge in [0.2, 0.25) is 5.28 Å². The van der Waals surface area contributed by atoms with Gasteiger partial charge in [0.25, 0.3) is 5.91 Å². The van der Waals surface area contributed by atoms with Gasteiger partial charge in [-0.1, -0.05) is 41.9 Å². The van der Waals surface area contributed by atoms with E-state index in [9.17, 15) is 4.79 Å². The summed E-state index contributed by atoms with van der Waals surface area (Å²) >= 11 is 14.8. The minimum absolute atomic E-state index is 0.145. The molecular formula is C20H14Cl2N4OS2. The molecule has 0 fully saturated rings. The molecule has 2 aromatic heterocycles. The van der Waals surface area contributed by atoms with Crippen LogP contribution in [0.15, 0.2) is 76.1 Å². The van der Waals surface area contributed by atoms with Gasteiger partial charge in [-0.3, -0.25) is 4.79 Å². The third kappa shape index (κ3) is 5.00. The largest absolute Gasteiger partial charge is 0.320 e. The van der Waals surface area contributed by atoms with Gasteiger partial charge in [-0.15, -0.1) is 16.4 Å². The first kappa shape index (κ1) is 20.0. The highest BCUT2D eigenvalue weighted by atomic mass is 35.5.